The number of hydrogen-bond donors (Lipinski definition) is 1. The van der Waals surface area contributed by atoms with Crippen molar-refractivity contribution in [3.8, 4) is 5.75 Å². The first-order valence-corrected chi connectivity index (χ1v) is 7.58. The van der Waals surface area contributed by atoms with E-state index in [1.54, 1.807) is 12.1 Å². The van der Waals surface area contributed by atoms with E-state index in [2.05, 4.69) is 35.1 Å². The van der Waals surface area contributed by atoms with E-state index in [9.17, 15) is 4.79 Å². The smallest absolute Gasteiger partial charge is 0.257 e. The van der Waals surface area contributed by atoms with Crippen LogP contribution in [0.15, 0.2) is 22.7 Å². The first-order valence-electron chi connectivity index (χ1n) is 6.41. The summed E-state index contributed by atoms with van der Waals surface area (Å²) < 4.78 is 6.27. The third-order valence-corrected chi connectivity index (χ3v) is 3.78. The Labute approximate surface area is 127 Å². The van der Waals surface area contributed by atoms with Gasteiger partial charge in [0.25, 0.3) is 5.91 Å². The number of ether oxygens (including phenoxy) is 1. The molecule has 1 rings (SSSR count). The van der Waals surface area contributed by atoms with Crippen molar-refractivity contribution in [2.24, 2.45) is 5.92 Å². The largest absolute Gasteiger partial charge is 0.482 e. The Morgan fingerprint density at radius 1 is 1.42 bits per heavy atom. The number of hydrogen-bond acceptors (Lipinski definition) is 2. The second-order valence-electron chi connectivity index (χ2n) is 4.35. The molecule has 0 saturated heterocycles. The predicted octanol–water partition coefficient (Wildman–Crippen LogP) is 4.03. The summed E-state index contributed by atoms with van der Waals surface area (Å²) in [5, 5.41) is 3.36. The van der Waals surface area contributed by atoms with E-state index in [-0.39, 0.29) is 12.5 Å². The van der Waals surface area contributed by atoms with Gasteiger partial charge in [0, 0.05) is 11.0 Å². The molecule has 0 atom stereocenters. The van der Waals surface area contributed by atoms with Crippen molar-refractivity contribution < 1.29 is 9.53 Å². The monoisotopic (exact) mass is 347 g/mol. The molecule has 0 fully saturated rings. The van der Waals surface area contributed by atoms with Gasteiger partial charge in [-0.2, -0.15) is 0 Å². The van der Waals surface area contributed by atoms with Gasteiger partial charge in [0.2, 0.25) is 0 Å². The summed E-state index contributed by atoms with van der Waals surface area (Å²) in [5.74, 6) is 0.925. The summed E-state index contributed by atoms with van der Waals surface area (Å²) in [6, 6.07) is 5.29. The van der Waals surface area contributed by atoms with Crippen molar-refractivity contribution in [2.75, 3.05) is 13.2 Å². The van der Waals surface area contributed by atoms with Crippen LogP contribution in [-0.2, 0) is 4.79 Å². The van der Waals surface area contributed by atoms with Gasteiger partial charge in [-0.3, -0.25) is 4.79 Å². The lowest BCUT2D eigenvalue weighted by molar-refractivity contribution is -0.123. The molecule has 5 heteroatoms. The molecule has 0 bridgehead atoms. The summed E-state index contributed by atoms with van der Waals surface area (Å²) >= 11 is 9.31. The molecule has 0 spiro atoms. The van der Waals surface area contributed by atoms with Gasteiger partial charge < -0.3 is 10.1 Å². The van der Waals surface area contributed by atoms with Gasteiger partial charge in [-0.15, -0.1) is 0 Å². The van der Waals surface area contributed by atoms with Gasteiger partial charge in [0.1, 0.15) is 5.75 Å². The summed E-state index contributed by atoms with van der Waals surface area (Å²) in [6.45, 7) is 4.93. The quantitative estimate of drug-likeness (QED) is 0.808. The first-order chi connectivity index (χ1) is 9.06. The molecule has 0 saturated carbocycles. The lowest BCUT2D eigenvalue weighted by atomic mass is 10.0. The van der Waals surface area contributed by atoms with Crippen molar-refractivity contribution in [3.63, 3.8) is 0 Å². The SMILES string of the molecule is CCC(CC)CNC(=O)COc1ccc(Br)cc1Cl. The molecule has 1 aromatic rings. The number of amides is 1. The zero-order chi connectivity index (χ0) is 14.3. The summed E-state index contributed by atoms with van der Waals surface area (Å²) in [7, 11) is 0. The van der Waals surface area contributed by atoms with E-state index in [4.69, 9.17) is 16.3 Å². The lowest BCUT2D eigenvalue weighted by Gasteiger charge is -2.13. The number of carbonyl (C=O) groups excluding carboxylic acids is 1. The Morgan fingerprint density at radius 3 is 2.68 bits per heavy atom. The summed E-state index contributed by atoms with van der Waals surface area (Å²) in [4.78, 5) is 11.6. The molecule has 0 aliphatic heterocycles. The summed E-state index contributed by atoms with van der Waals surface area (Å²) in [5.41, 5.74) is 0. The molecule has 0 unspecified atom stereocenters. The standard InChI is InChI=1S/C14H19BrClNO2/c1-3-10(4-2)8-17-14(18)9-19-13-6-5-11(15)7-12(13)16/h5-7,10H,3-4,8-9H2,1-2H3,(H,17,18). The fraction of sp³-hybridized carbons (Fsp3) is 0.500. The Bertz CT molecular complexity index is 422. The van der Waals surface area contributed by atoms with Gasteiger partial charge in [0.05, 0.1) is 5.02 Å². The average molecular weight is 349 g/mol. The molecule has 0 aliphatic rings. The van der Waals surface area contributed by atoms with Gasteiger partial charge in [-0.25, -0.2) is 0 Å². The first kappa shape index (κ1) is 16.3. The molecule has 0 heterocycles. The van der Waals surface area contributed by atoms with Crippen LogP contribution in [0.5, 0.6) is 5.75 Å². The molecule has 106 valence electrons. The fourth-order valence-corrected chi connectivity index (χ4v) is 2.35. The zero-order valence-corrected chi connectivity index (χ0v) is 13.6. The molecular formula is C14H19BrClNO2. The van der Waals surface area contributed by atoms with E-state index < -0.39 is 0 Å². The third kappa shape index (κ3) is 5.83. The van der Waals surface area contributed by atoms with Crippen LogP contribution in [0, 0.1) is 5.92 Å². The van der Waals surface area contributed by atoms with Crippen molar-refractivity contribution in [1.29, 1.82) is 0 Å². The molecular weight excluding hydrogens is 330 g/mol. The van der Waals surface area contributed by atoms with E-state index in [0.29, 0.717) is 23.2 Å². The molecule has 0 aromatic heterocycles. The molecule has 1 amide bonds. The molecule has 3 nitrogen and oxygen atoms in total. The van der Waals surface area contributed by atoms with Gasteiger partial charge >= 0.3 is 0 Å². The number of carbonyl (C=O) groups is 1. The predicted molar refractivity (Wildman–Crippen MR) is 81.7 cm³/mol. The highest BCUT2D eigenvalue weighted by Gasteiger charge is 2.08. The maximum atomic E-state index is 11.6. The van der Waals surface area contributed by atoms with E-state index in [1.807, 2.05) is 6.07 Å². The Balaban J connectivity index is 2.37. The van der Waals surface area contributed by atoms with Crippen LogP contribution in [0.25, 0.3) is 0 Å². The normalized spacial score (nSPS) is 10.6. The van der Waals surface area contributed by atoms with Gasteiger partial charge in [0.15, 0.2) is 6.61 Å². The minimum absolute atomic E-state index is 0.0124. The van der Waals surface area contributed by atoms with Gasteiger partial charge in [-0.05, 0) is 24.1 Å². The third-order valence-electron chi connectivity index (χ3n) is 3.00. The van der Waals surface area contributed by atoms with E-state index in [0.717, 1.165) is 17.3 Å². The molecule has 1 aromatic carbocycles. The summed E-state index contributed by atoms with van der Waals surface area (Å²) in [6.07, 6.45) is 2.13. The van der Waals surface area contributed by atoms with Crippen LogP contribution >= 0.6 is 27.5 Å². The van der Waals surface area contributed by atoms with E-state index in [1.165, 1.54) is 0 Å². The minimum atomic E-state index is -0.120. The Hall–Kier alpha value is -0.740. The fourth-order valence-electron chi connectivity index (χ4n) is 1.62. The van der Waals surface area contributed by atoms with Crippen molar-refractivity contribution in [1.82, 2.24) is 5.32 Å². The number of halogens is 2. The van der Waals surface area contributed by atoms with Crippen molar-refractivity contribution in [2.45, 2.75) is 26.7 Å². The van der Waals surface area contributed by atoms with Crippen LogP contribution in [0.4, 0.5) is 0 Å². The lowest BCUT2D eigenvalue weighted by Crippen LogP contribution is -2.32. The van der Waals surface area contributed by atoms with Gasteiger partial charge in [-0.1, -0.05) is 54.2 Å². The molecule has 1 N–H and O–H groups in total. The maximum Gasteiger partial charge on any atom is 0.257 e. The van der Waals surface area contributed by atoms with Crippen molar-refractivity contribution >= 4 is 33.4 Å². The minimum Gasteiger partial charge on any atom is -0.482 e. The van der Waals surface area contributed by atoms with E-state index >= 15 is 0 Å². The highest BCUT2D eigenvalue weighted by Crippen LogP contribution is 2.27. The van der Waals surface area contributed by atoms with Crippen LogP contribution in [0.2, 0.25) is 5.02 Å². The maximum absolute atomic E-state index is 11.6. The highest BCUT2D eigenvalue weighted by atomic mass is 79.9. The highest BCUT2D eigenvalue weighted by molar-refractivity contribution is 9.10. The molecule has 19 heavy (non-hydrogen) atoms. The number of rotatable bonds is 7. The Kier molecular flexibility index (Phi) is 7.24. The second-order valence-corrected chi connectivity index (χ2v) is 5.67. The van der Waals surface area contributed by atoms with Crippen LogP contribution in [0.1, 0.15) is 26.7 Å². The van der Waals surface area contributed by atoms with Crippen molar-refractivity contribution in [3.05, 3.63) is 27.7 Å². The van der Waals surface area contributed by atoms with Crippen LogP contribution in [0.3, 0.4) is 0 Å². The molecule has 0 radical (unpaired) electrons. The average Bonchev–Trinajstić information content (AvgIpc) is 2.39. The molecule has 0 aliphatic carbocycles. The number of nitrogens with one attached hydrogen (secondary N) is 1. The van der Waals surface area contributed by atoms with Crippen LogP contribution < -0.4 is 10.1 Å². The zero-order valence-electron chi connectivity index (χ0n) is 11.2. The topological polar surface area (TPSA) is 38.3 Å². The number of benzene rings is 1. The second kappa shape index (κ2) is 8.43. The Morgan fingerprint density at radius 2 is 2.11 bits per heavy atom. The van der Waals surface area contributed by atoms with Crippen LogP contribution in [-0.4, -0.2) is 19.1 Å².